The summed E-state index contributed by atoms with van der Waals surface area (Å²) in [5.74, 6) is -0.769. The molecule has 0 amide bonds. The van der Waals surface area contributed by atoms with Gasteiger partial charge in [-0.05, 0) is 19.9 Å². The van der Waals surface area contributed by atoms with Crippen LogP contribution in [0.1, 0.15) is 26.7 Å². The van der Waals surface area contributed by atoms with Gasteiger partial charge in [-0.2, -0.15) is 0 Å². The van der Waals surface area contributed by atoms with Crippen LogP contribution >= 0.6 is 0 Å². The van der Waals surface area contributed by atoms with Crippen LogP contribution in [0.3, 0.4) is 0 Å². The highest BCUT2D eigenvalue weighted by molar-refractivity contribution is 5.67. The molecule has 0 rings (SSSR count). The van der Waals surface area contributed by atoms with Crippen LogP contribution in [0.15, 0.2) is 0 Å². The highest BCUT2D eigenvalue weighted by atomic mass is 16.4. The van der Waals surface area contributed by atoms with E-state index in [1.807, 2.05) is 13.8 Å². The average Bonchev–Trinajstić information content (AvgIpc) is 2.04. The summed E-state index contributed by atoms with van der Waals surface area (Å²) in [5, 5.41) is 17.2. The molecule has 1 unspecified atom stereocenters. The number of hydrogen-bond donors (Lipinski definition) is 2. The van der Waals surface area contributed by atoms with Crippen LogP contribution in [-0.4, -0.2) is 46.8 Å². The molecule has 0 bridgehead atoms. The number of nitrogens with zero attached hydrogens (tertiary/aromatic N) is 1. The fourth-order valence-electron chi connectivity index (χ4n) is 1.35. The minimum absolute atomic E-state index is 0.0500. The van der Waals surface area contributed by atoms with Gasteiger partial charge in [-0.15, -0.1) is 0 Å². The zero-order valence-electron chi connectivity index (χ0n) is 8.36. The van der Waals surface area contributed by atoms with E-state index in [-0.39, 0.29) is 19.1 Å². The molecule has 0 fully saturated rings. The summed E-state index contributed by atoms with van der Waals surface area (Å²) in [4.78, 5) is 12.5. The van der Waals surface area contributed by atoms with Crippen LogP contribution in [0.5, 0.6) is 0 Å². The summed E-state index contributed by atoms with van der Waals surface area (Å²) in [5.41, 5.74) is 0. The third kappa shape index (κ3) is 5.60. The molecule has 0 heterocycles. The molecular formula is C9H19NO3. The monoisotopic (exact) mass is 189 g/mol. The van der Waals surface area contributed by atoms with Crippen molar-refractivity contribution in [2.24, 2.45) is 0 Å². The van der Waals surface area contributed by atoms with Crippen molar-refractivity contribution in [3.63, 3.8) is 0 Å². The highest BCUT2D eigenvalue weighted by Gasteiger charge is 2.14. The minimum Gasteiger partial charge on any atom is -0.481 e. The van der Waals surface area contributed by atoms with Gasteiger partial charge in [0.25, 0.3) is 0 Å². The molecule has 78 valence electrons. The second-order valence-electron chi connectivity index (χ2n) is 3.15. The molecule has 0 aromatic rings. The molecule has 1 atom stereocenters. The molecular weight excluding hydrogens is 170 g/mol. The number of carboxylic acid groups (broad SMARTS) is 1. The summed E-state index contributed by atoms with van der Waals surface area (Å²) < 4.78 is 0. The topological polar surface area (TPSA) is 60.8 Å². The standard InChI is InChI=1S/C9H19NO3/c1-3-10(5-4-6-11)8(2)7-9(12)13/h8,11H,3-7H2,1-2H3,(H,12,13). The first-order chi connectivity index (χ1) is 6.11. The molecule has 2 N–H and O–H groups in total. The second kappa shape index (κ2) is 6.86. The zero-order valence-corrected chi connectivity index (χ0v) is 8.36. The molecule has 0 saturated heterocycles. The summed E-state index contributed by atoms with van der Waals surface area (Å²) in [6.45, 7) is 5.65. The number of aliphatic hydroxyl groups excluding tert-OH is 1. The van der Waals surface area contributed by atoms with Crippen molar-refractivity contribution >= 4 is 5.97 Å². The predicted octanol–water partition coefficient (Wildman–Crippen LogP) is 0.554. The first-order valence-corrected chi connectivity index (χ1v) is 4.68. The predicted molar refractivity (Wildman–Crippen MR) is 50.7 cm³/mol. The van der Waals surface area contributed by atoms with Crippen LogP contribution < -0.4 is 0 Å². The number of carboxylic acids is 1. The van der Waals surface area contributed by atoms with E-state index >= 15 is 0 Å². The lowest BCUT2D eigenvalue weighted by atomic mass is 10.2. The van der Waals surface area contributed by atoms with Crippen molar-refractivity contribution in [2.75, 3.05) is 19.7 Å². The first kappa shape index (κ1) is 12.4. The molecule has 0 aromatic heterocycles. The van der Waals surface area contributed by atoms with E-state index in [0.717, 1.165) is 13.1 Å². The second-order valence-corrected chi connectivity index (χ2v) is 3.15. The summed E-state index contributed by atoms with van der Waals surface area (Å²) >= 11 is 0. The molecule has 4 nitrogen and oxygen atoms in total. The zero-order chi connectivity index (χ0) is 10.3. The Balaban J connectivity index is 3.83. The van der Waals surface area contributed by atoms with Crippen LogP contribution in [-0.2, 0) is 4.79 Å². The third-order valence-electron chi connectivity index (χ3n) is 2.10. The minimum atomic E-state index is -0.769. The maximum absolute atomic E-state index is 10.4. The van der Waals surface area contributed by atoms with E-state index in [4.69, 9.17) is 10.2 Å². The van der Waals surface area contributed by atoms with Gasteiger partial charge in [-0.25, -0.2) is 0 Å². The summed E-state index contributed by atoms with van der Waals surface area (Å²) in [6.07, 6.45) is 0.872. The van der Waals surface area contributed by atoms with E-state index in [1.165, 1.54) is 0 Å². The normalized spacial score (nSPS) is 13.2. The Morgan fingerprint density at radius 2 is 2.15 bits per heavy atom. The highest BCUT2D eigenvalue weighted by Crippen LogP contribution is 2.04. The number of hydrogen-bond acceptors (Lipinski definition) is 3. The van der Waals surface area contributed by atoms with E-state index in [1.54, 1.807) is 0 Å². The number of aliphatic hydroxyl groups is 1. The van der Waals surface area contributed by atoms with E-state index in [2.05, 4.69) is 4.90 Å². The number of carbonyl (C=O) groups is 1. The van der Waals surface area contributed by atoms with E-state index in [9.17, 15) is 4.79 Å². The molecule has 0 aliphatic rings. The molecule has 0 aliphatic carbocycles. The number of aliphatic carboxylic acids is 1. The summed E-state index contributed by atoms with van der Waals surface area (Å²) in [7, 11) is 0. The maximum atomic E-state index is 10.4. The van der Waals surface area contributed by atoms with Crippen molar-refractivity contribution in [3.8, 4) is 0 Å². The molecule has 13 heavy (non-hydrogen) atoms. The lowest BCUT2D eigenvalue weighted by Gasteiger charge is -2.26. The molecule has 0 spiro atoms. The fraction of sp³-hybridized carbons (Fsp3) is 0.889. The first-order valence-electron chi connectivity index (χ1n) is 4.68. The van der Waals surface area contributed by atoms with Gasteiger partial charge in [0, 0.05) is 19.2 Å². The van der Waals surface area contributed by atoms with Gasteiger partial charge in [0.15, 0.2) is 0 Å². The Morgan fingerprint density at radius 1 is 1.54 bits per heavy atom. The van der Waals surface area contributed by atoms with Gasteiger partial charge in [0.05, 0.1) is 6.42 Å². The maximum Gasteiger partial charge on any atom is 0.304 e. The van der Waals surface area contributed by atoms with Crippen LogP contribution in [0.25, 0.3) is 0 Å². The largest absolute Gasteiger partial charge is 0.481 e. The van der Waals surface area contributed by atoms with E-state index in [0.29, 0.717) is 6.42 Å². The van der Waals surface area contributed by atoms with Gasteiger partial charge < -0.3 is 15.1 Å². The SMILES string of the molecule is CCN(CCCO)C(C)CC(=O)O. The quantitative estimate of drug-likeness (QED) is 0.614. The molecule has 0 aliphatic heterocycles. The molecule has 0 radical (unpaired) electrons. The third-order valence-corrected chi connectivity index (χ3v) is 2.10. The lowest BCUT2D eigenvalue weighted by molar-refractivity contribution is -0.138. The van der Waals surface area contributed by atoms with Gasteiger partial charge in [0.1, 0.15) is 0 Å². The Labute approximate surface area is 79.2 Å². The van der Waals surface area contributed by atoms with Crippen LogP contribution in [0.2, 0.25) is 0 Å². The summed E-state index contributed by atoms with van der Waals surface area (Å²) in [6, 6.07) is 0.0500. The average molecular weight is 189 g/mol. The lowest BCUT2D eigenvalue weighted by Crippen LogP contribution is -2.35. The van der Waals surface area contributed by atoms with Crippen LogP contribution in [0, 0.1) is 0 Å². The van der Waals surface area contributed by atoms with Crippen molar-refractivity contribution in [1.29, 1.82) is 0 Å². The van der Waals surface area contributed by atoms with Gasteiger partial charge in [-0.1, -0.05) is 6.92 Å². The van der Waals surface area contributed by atoms with Gasteiger partial charge >= 0.3 is 5.97 Å². The Morgan fingerprint density at radius 3 is 2.54 bits per heavy atom. The molecule has 0 aromatic carbocycles. The van der Waals surface area contributed by atoms with E-state index < -0.39 is 5.97 Å². The van der Waals surface area contributed by atoms with Gasteiger partial charge in [0.2, 0.25) is 0 Å². The molecule has 4 heteroatoms. The van der Waals surface area contributed by atoms with Crippen LogP contribution in [0.4, 0.5) is 0 Å². The Bertz CT molecular complexity index is 150. The fourth-order valence-corrected chi connectivity index (χ4v) is 1.35. The van der Waals surface area contributed by atoms with Crippen molar-refractivity contribution in [1.82, 2.24) is 4.90 Å². The van der Waals surface area contributed by atoms with Crippen molar-refractivity contribution < 1.29 is 15.0 Å². The number of rotatable bonds is 7. The Kier molecular flexibility index (Phi) is 6.54. The van der Waals surface area contributed by atoms with Crippen molar-refractivity contribution in [3.05, 3.63) is 0 Å². The molecule has 0 saturated carbocycles. The smallest absolute Gasteiger partial charge is 0.304 e. The Hall–Kier alpha value is -0.610. The van der Waals surface area contributed by atoms with Crippen molar-refractivity contribution in [2.45, 2.75) is 32.7 Å². The van der Waals surface area contributed by atoms with Gasteiger partial charge in [-0.3, -0.25) is 4.79 Å².